The van der Waals surface area contributed by atoms with Crippen LogP contribution in [0.1, 0.15) is 12.5 Å². The first-order valence-corrected chi connectivity index (χ1v) is 9.03. The zero-order valence-corrected chi connectivity index (χ0v) is 15.3. The number of aromatic nitrogens is 3. The summed E-state index contributed by atoms with van der Waals surface area (Å²) in [4.78, 5) is 0. The van der Waals surface area contributed by atoms with Crippen LogP contribution in [0, 0.1) is 0 Å². The van der Waals surface area contributed by atoms with Crippen molar-refractivity contribution in [2.45, 2.75) is 17.3 Å². The minimum Gasteiger partial charge on any atom is -0.497 e. The summed E-state index contributed by atoms with van der Waals surface area (Å²) in [5, 5.41) is 15.1. The molecule has 0 unspecified atom stereocenters. The van der Waals surface area contributed by atoms with Crippen LogP contribution in [0.4, 0.5) is 0 Å². The van der Waals surface area contributed by atoms with Gasteiger partial charge in [-0.2, -0.15) is 9.78 Å². The van der Waals surface area contributed by atoms with Gasteiger partial charge in [0.25, 0.3) is 0 Å². The van der Waals surface area contributed by atoms with Crippen molar-refractivity contribution in [1.82, 2.24) is 14.9 Å². The van der Waals surface area contributed by atoms with Crippen molar-refractivity contribution in [3.05, 3.63) is 59.1 Å². The number of hydrogen-bond donors (Lipinski definition) is 0. The first kappa shape index (κ1) is 16.2. The number of halogens is 1. The van der Waals surface area contributed by atoms with Crippen molar-refractivity contribution in [2.75, 3.05) is 7.11 Å². The highest BCUT2D eigenvalue weighted by atomic mass is 35.5. The van der Waals surface area contributed by atoms with E-state index < -0.39 is 0 Å². The fourth-order valence-electron chi connectivity index (χ4n) is 2.67. The Morgan fingerprint density at radius 2 is 1.68 bits per heavy atom. The van der Waals surface area contributed by atoms with Crippen LogP contribution in [0.2, 0.25) is 5.02 Å². The van der Waals surface area contributed by atoms with Crippen LogP contribution in [0.25, 0.3) is 11.4 Å². The van der Waals surface area contributed by atoms with Crippen LogP contribution in [-0.4, -0.2) is 32.9 Å². The van der Waals surface area contributed by atoms with Gasteiger partial charge in [0.2, 0.25) is 5.16 Å². The molecule has 0 spiro atoms. The Bertz CT molecular complexity index is 935. The molecule has 0 saturated heterocycles. The second kappa shape index (κ2) is 6.54. The number of rotatable bonds is 3. The van der Waals surface area contributed by atoms with Crippen LogP contribution in [-0.2, 0) is 0 Å². The molecule has 1 aromatic heterocycles. The smallest absolute Gasteiger partial charge is 0.213 e. The van der Waals surface area contributed by atoms with Gasteiger partial charge in [-0.3, -0.25) is 0 Å². The second-order valence-corrected chi connectivity index (χ2v) is 7.34. The molecule has 2 aromatic carbocycles. The predicted molar refractivity (Wildman–Crippen MR) is 101 cm³/mol. The van der Waals surface area contributed by atoms with Gasteiger partial charge in [-0.15, -0.1) is 10.2 Å². The molecule has 7 heteroatoms. The van der Waals surface area contributed by atoms with E-state index >= 15 is 0 Å². The zero-order chi connectivity index (χ0) is 17.4. The number of hydrogen-bond acceptors (Lipinski definition) is 5. The Balaban J connectivity index is 1.78. The number of ether oxygens (including phenoxy) is 1. The SMILES string of the molecule is COc1ccc(C2=Nn3c(nnc3-c3ccc(Cl)cc3)S[C@@H]2C)cc1. The van der Waals surface area contributed by atoms with E-state index in [2.05, 4.69) is 17.1 Å². The minimum atomic E-state index is 0.183. The fourth-order valence-corrected chi connectivity index (χ4v) is 3.72. The van der Waals surface area contributed by atoms with Gasteiger partial charge in [-0.05, 0) is 61.0 Å². The van der Waals surface area contributed by atoms with Crippen molar-refractivity contribution >= 4 is 29.1 Å². The molecule has 0 aliphatic carbocycles. The maximum Gasteiger partial charge on any atom is 0.213 e. The third kappa shape index (κ3) is 3.03. The number of benzene rings is 2. The van der Waals surface area contributed by atoms with Gasteiger partial charge >= 0.3 is 0 Å². The van der Waals surface area contributed by atoms with Crippen LogP contribution in [0.5, 0.6) is 5.75 Å². The molecule has 25 heavy (non-hydrogen) atoms. The van der Waals surface area contributed by atoms with E-state index in [1.165, 1.54) is 0 Å². The third-order valence-electron chi connectivity index (χ3n) is 3.98. The first-order valence-electron chi connectivity index (χ1n) is 7.77. The summed E-state index contributed by atoms with van der Waals surface area (Å²) >= 11 is 7.62. The Labute approximate surface area is 154 Å². The molecule has 0 radical (unpaired) electrons. The third-order valence-corrected chi connectivity index (χ3v) is 5.27. The molecule has 5 nitrogen and oxygen atoms in total. The van der Waals surface area contributed by atoms with Gasteiger partial charge < -0.3 is 4.74 Å². The lowest BCUT2D eigenvalue weighted by Crippen LogP contribution is -2.21. The quantitative estimate of drug-likeness (QED) is 0.687. The van der Waals surface area contributed by atoms with E-state index in [1.807, 2.05) is 48.5 Å². The normalized spacial score (nSPS) is 16.3. The molecule has 0 bridgehead atoms. The molecule has 0 saturated carbocycles. The molecule has 4 rings (SSSR count). The van der Waals surface area contributed by atoms with Crippen LogP contribution in [0.15, 0.2) is 58.8 Å². The number of fused-ring (bicyclic) bond motifs is 1. The van der Waals surface area contributed by atoms with Crippen LogP contribution >= 0.6 is 23.4 Å². The Hall–Kier alpha value is -2.31. The van der Waals surface area contributed by atoms with Gasteiger partial charge in [0.05, 0.1) is 18.1 Å². The van der Waals surface area contributed by atoms with E-state index in [1.54, 1.807) is 23.5 Å². The summed E-state index contributed by atoms with van der Waals surface area (Å²) < 4.78 is 7.03. The topological polar surface area (TPSA) is 52.3 Å². The highest BCUT2D eigenvalue weighted by Crippen LogP contribution is 2.33. The zero-order valence-electron chi connectivity index (χ0n) is 13.7. The van der Waals surface area contributed by atoms with E-state index in [0.29, 0.717) is 10.8 Å². The number of thioether (sulfide) groups is 1. The standard InChI is InChI=1S/C18H15ClN4OS/c1-11-16(12-5-9-15(24-2)10-6-12)22-23-17(20-21-18(23)25-11)13-3-7-14(19)8-4-13/h3-11H,1-2H3/t11-/m1/s1. The first-order chi connectivity index (χ1) is 12.2. The summed E-state index contributed by atoms with van der Waals surface area (Å²) in [6, 6.07) is 15.4. The molecule has 0 N–H and O–H groups in total. The lowest BCUT2D eigenvalue weighted by molar-refractivity contribution is 0.415. The van der Waals surface area contributed by atoms with Crippen LogP contribution < -0.4 is 4.74 Å². The monoisotopic (exact) mass is 370 g/mol. The molecule has 2 heterocycles. The molecule has 126 valence electrons. The summed E-state index contributed by atoms with van der Waals surface area (Å²) in [7, 11) is 1.66. The lowest BCUT2D eigenvalue weighted by atomic mass is 10.1. The average Bonchev–Trinajstić information content (AvgIpc) is 3.04. The molecular formula is C18H15ClN4OS. The predicted octanol–water partition coefficient (Wildman–Crippen LogP) is 4.35. The van der Waals surface area contributed by atoms with E-state index in [-0.39, 0.29) is 5.25 Å². The van der Waals surface area contributed by atoms with Gasteiger partial charge in [-0.25, -0.2) is 0 Å². The lowest BCUT2D eigenvalue weighted by Gasteiger charge is -2.20. The molecule has 3 aromatic rings. The average molecular weight is 371 g/mol. The van der Waals surface area contributed by atoms with E-state index in [0.717, 1.165) is 27.7 Å². The highest BCUT2D eigenvalue weighted by Gasteiger charge is 2.26. The summed E-state index contributed by atoms with van der Waals surface area (Å²) in [5.41, 5.74) is 2.97. The Morgan fingerprint density at radius 1 is 1.00 bits per heavy atom. The van der Waals surface area contributed by atoms with Crippen molar-refractivity contribution in [3.8, 4) is 17.1 Å². The van der Waals surface area contributed by atoms with E-state index in [9.17, 15) is 0 Å². The molecule has 0 fully saturated rings. The molecule has 0 amide bonds. The van der Waals surface area contributed by atoms with Crippen molar-refractivity contribution < 1.29 is 4.74 Å². The van der Waals surface area contributed by atoms with E-state index in [4.69, 9.17) is 21.4 Å². The van der Waals surface area contributed by atoms with Gasteiger partial charge in [0.15, 0.2) is 5.82 Å². The Kier molecular flexibility index (Phi) is 4.23. The molecule has 1 atom stereocenters. The molecule has 1 aliphatic heterocycles. The maximum atomic E-state index is 5.98. The van der Waals surface area contributed by atoms with Gasteiger partial charge in [0, 0.05) is 10.6 Å². The Morgan fingerprint density at radius 3 is 2.36 bits per heavy atom. The summed E-state index contributed by atoms with van der Waals surface area (Å²) in [5.74, 6) is 1.53. The van der Waals surface area contributed by atoms with Gasteiger partial charge in [-0.1, -0.05) is 23.4 Å². The summed E-state index contributed by atoms with van der Waals surface area (Å²) in [6.45, 7) is 2.12. The fraction of sp³-hybridized carbons (Fsp3) is 0.167. The number of nitrogens with zero attached hydrogens (tertiary/aromatic N) is 4. The second-order valence-electron chi connectivity index (χ2n) is 5.60. The van der Waals surface area contributed by atoms with Gasteiger partial charge in [0.1, 0.15) is 5.75 Å². The molecule has 1 aliphatic rings. The van der Waals surface area contributed by atoms with Crippen molar-refractivity contribution in [2.24, 2.45) is 5.10 Å². The minimum absolute atomic E-state index is 0.183. The largest absolute Gasteiger partial charge is 0.497 e. The highest BCUT2D eigenvalue weighted by molar-refractivity contribution is 8.00. The van der Waals surface area contributed by atoms with Crippen LogP contribution in [0.3, 0.4) is 0 Å². The number of methoxy groups -OCH3 is 1. The van der Waals surface area contributed by atoms with Crippen molar-refractivity contribution in [3.63, 3.8) is 0 Å². The summed E-state index contributed by atoms with van der Waals surface area (Å²) in [6.07, 6.45) is 0. The maximum absolute atomic E-state index is 5.98. The molecular weight excluding hydrogens is 356 g/mol. The van der Waals surface area contributed by atoms with Crippen molar-refractivity contribution in [1.29, 1.82) is 0 Å².